The summed E-state index contributed by atoms with van der Waals surface area (Å²) in [4.78, 5) is 33.7. The van der Waals surface area contributed by atoms with E-state index in [1.807, 2.05) is 0 Å². The zero-order valence-electron chi connectivity index (χ0n) is 13.1. The molecule has 1 saturated heterocycles. The van der Waals surface area contributed by atoms with Gasteiger partial charge in [0.05, 0.1) is 18.8 Å². The zero-order valence-corrected chi connectivity index (χ0v) is 13.1. The van der Waals surface area contributed by atoms with Crippen LogP contribution in [0.1, 0.15) is 20.3 Å². The summed E-state index contributed by atoms with van der Waals surface area (Å²) in [6.07, 6.45) is -7.35. The lowest BCUT2D eigenvalue weighted by molar-refractivity contribution is -0.296. The molecule has 0 radical (unpaired) electrons. The smallest absolute Gasteiger partial charge is 0.364 e. The van der Waals surface area contributed by atoms with E-state index in [1.165, 1.54) is 0 Å². The first-order valence-corrected chi connectivity index (χ1v) is 7.06. The van der Waals surface area contributed by atoms with Gasteiger partial charge in [0, 0.05) is 20.3 Å². The van der Waals surface area contributed by atoms with Crippen molar-refractivity contribution in [1.82, 2.24) is 5.32 Å². The summed E-state index contributed by atoms with van der Waals surface area (Å²) in [7, 11) is 0. The standard InChI is InChI=1S/C13H21NO10/c1-5(16)14-9-7(18)3-13(22,12(20)21)24-11(9)10(8(19)4-15)23-6(2)17/h7-11,15,18-19,22H,3-4H2,1-2H3,(H,14,16)(H,20,21)/t7-,8+,9+,10+,11+,13+/m0/s1. The number of carbonyl (C=O) groups excluding carboxylic acids is 2. The minimum Gasteiger partial charge on any atom is -0.477 e. The van der Waals surface area contributed by atoms with Gasteiger partial charge in [0.1, 0.15) is 12.2 Å². The quantitative estimate of drug-likeness (QED) is 0.265. The topological polar surface area (TPSA) is 183 Å². The second kappa shape index (κ2) is 7.85. The molecule has 1 heterocycles. The summed E-state index contributed by atoms with van der Waals surface area (Å²) in [5, 5.41) is 50.4. The number of aliphatic hydroxyl groups is 4. The fourth-order valence-corrected chi connectivity index (χ4v) is 2.46. The Bertz CT molecular complexity index is 497. The zero-order chi connectivity index (χ0) is 18.7. The molecular weight excluding hydrogens is 330 g/mol. The van der Waals surface area contributed by atoms with Crippen LogP contribution in [0.3, 0.4) is 0 Å². The lowest BCUT2D eigenvalue weighted by atomic mass is 9.88. The van der Waals surface area contributed by atoms with Crippen LogP contribution in [0.2, 0.25) is 0 Å². The first-order chi connectivity index (χ1) is 11.0. The number of rotatable bonds is 6. The molecule has 0 aromatic carbocycles. The molecule has 0 unspecified atom stereocenters. The van der Waals surface area contributed by atoms with Crippen LogP contribution in [0.5, 0.6) is 0 Å². The Balaban J connectivity index is 3.25. The number of carboxylic acid groups (broad SMARTS) is 1. The minimum atomic E-state index is -2.83. The maximum absolute atomic E-state index is 11.3. The van der Waals surface area contributed by atoms with Gasteiger partial charge >= 0.3 is 11.9 Å². The van der Waals surface area contributed by atoms with Crippen molar-refractivity contribution in [1.29, 1.82) is 0 Å². The molecule has 0 bridgehead atoms. The summed E-state index contributed by atoms with van der Waals surface area (Å²) < 4.78 is 9.87. The van der Waals surface area contributed by atoms with Gasteiger partial charge in [0.15, 0.2) is 6.10 Å². The van der Waals surface area contributed by atoms with Crippen molar-refractivity contribution >= 4 is 17.8 Å². The van der Waals surface area contributed by atoms with Crippen LogP contribution in [-0.4, -0.2) is 86.2 Å². The van der Waals surface area contributed by atoms with Crippen LogP contribution in [0, 0.1) is 0 Å². The highest BCUT2D eigenvalue weighted by Gasteiger charge is 2.55. The van der Waals surface area contributed by atoms with Crippen LogP contribution >= 0.6 is 0 Å². The maximum Gasteiger partial charge on any atom is 0.364 e. The van der Waals surface area contributed by atoms with E-state index >= 15 is 0 Å². The Morgan fingerprint density at radius 1 is 1.38 bits per heavy atom. The van der Waals surface area contributed by atoms with E-state index in [1.54, 1.807) is 0 Å². The lowest BCUT2D eigenvalue weighted by Gasteiger charge is -2.45. The number of ether oxygens (including phenoxy) is 2. The Hall–Kier alpha value is -1.79. The number of carboxylic acids is 1. The molecule has 0 aromatic heterocycles. The second-order valence-corrected chi connectivity index (χ2v) is 5.49. The van der Waals surface area contributed by atoms with Gasteiger partial charge in [-0.1, -0.05) is 0 Å². The van der Waals surface area contributed by atoms with Gasteiger partial charge in [0.2, 0.25) is 5.91 Å². The van der Waals surface area contributed by atoms with E-state index < -0.39 is 67.1 Å². The third kappa shape index (κ3) is 4.61. The molecule has 0 aliphatic carbocycles. The van der Waals surface area contributed by atoms with Gasteiger partial charge in [-0.2, -0.15) is 0 Å². The minimum absolute atomic E-state index is 0.617. The average Bonchev–Trinajstić information content (AvgIpc) is 2.46. The largest absolute Gasteiger partial charge is 0.477 e. The Labute approximate surface area is 136 Å². The highest BCUT2D eigenvalue weighted by molar-refractivity contribution is 5.76. The summed E-state index contributed by atoms with van der Waals surface area (Å²) in [5.74, 6) is -6.15. The molecule has 1 aliphatic heterocycles. The SMILES string of the molecule is CC(=O)N[C@H]1[C@H]([C@H](OC(C)=O)[C@H](O)CO)O[C@@](O)(C(=O)O)C[C@@H]1O. The van der Waals surface area contributed by atoms with Crippen LogP contribution < -0.4 is 5.32 Å². The van der Waals surface area contributed by atoms with E-state index in [9.17, 15) is 29.7 Å². The Kier molecular flexibility index (Phi) is 6.63. The van der Waals surface area contributed by atoms with Crippen LogP contribution in [0.15, 0.2) is 0 Å². The van der Waals surface area contributed by atoms with Crippen LogP contribution in [0.25, 0.3) is 0 Å². The fourth-order valence-electron chi connectivity index (χ4n) is 2.46. The number of amides is 1. The van der Waals surface area contributed by atoms with E-state index in [-0.39, 0.29) is 0 Å². The van der Waals surface area contributed by atoms with Crippen molar-refractivity contribution in [3.63, 3.8) is 0 Å². The van der Waals surface area contributed by atoms with Gasteiger partial charge in [-0.25, -0.2) is 4.79 Å². The molecule has 11 nitrogen and oxygen atoms in total. The first-order valence-electron chi connectivity index (χ1n) is 7.06. The number of nitrogens with one attached hydrogen (secondary N) is 1. The third-order valence-electron chi connectivity index (χ3n) is 3.48. The van der Waals surface area contributed by atoms with Gasteiger partial charge in [-0.3, -0.25) is 9.59 Å². The summed E-state index contributed by atoms with van der Waals surface area (Å²) in [5.41, 5.74) is 0. The lowest BCUT2D eigenvalue weighted by Crippen LogP contribution is -2.67. The Morgan fingerprint density at radius 2 is 1.96 bits per heavy atom. The molecule has 1 aliphatic rings. The number of hydrogen-bond acceptors (Lipinski definition) is 9. The van der Waals surface area contributed by atoms with E-state index in [2.05, 4.69) is 5.32 Å². The molecule has 1 amide bonds. The summed E-state index contributed by atoms with van der Waals surface area (Å²) in [6.45, 7) is 1.23. The van der Waals surface area contributed by atoms with Gasteiger partial charge in [0.25, 0.3) is 5.79 Å². The molecule has 6 N–H and O–H groups in total. The molecule has 1 fully saturated rings. The molecular formula is C13H21NO10. The predicted molar refractivity (Wildman–Crippen MR) is 74.3 cm³/mol. The molecule has 6 atom stereocenters. The van der Waals surface area contributed by atoms with Crippen molar-refractivity contribution < 1.29 is 49.4 Å². The normalized spacial score (nSPS) is 32.5. The number of aliphatic hydroxyl groups excluding tert-OH is 3. The molecule has 0 aromatic rings. The van der Waals surface area contributed by atoms with E-state index in [0.717, 1.165) is 13.8 Å². The number of hydrogen-bond donors (Lipinski definition) is 6. The monoisotopic (exact) mass is 351 g/mol. The van der Waals surface area contributed by atoms with Crippen molar-refractivity contribution in [2.45, 2.75) is 56.5 Å². The summed E-state index contributed by atoms with van der Waals surface area (Å²) >= 11 is 0. The van der Waals surface area contributed by atoms with E-state index in [4.69, 9.17) is 19.7 Å². The maximum atomic E-state index is 11.3. The molecule has 1 rings (SSSR count). The van der Waals surface area contributed by atoms with Gasteiger partial charge < -0.3 is 40.3 Å². The average molecular weight is 351 g/mol. The summed E-state index contributed by atoms with van der Waals surface area (Å²) in [6, 6.07) is -1.30. The van der Waals surface area contributed by atoms with Crippen molar-refractivity contribution in [2.24, 2.45) is 0 Å². The second-order valence-electron chi connectivity index (χ2n) is 5.49. The first kappa shape index (κ1) is 20.3. The molecule has 24 heavy (non-hydrogen) atoms. The highest BCUT2D eigenvalue weighted by atomic mass is 16.7. The number of esters is 1. The van der Waals surface area contributed by atoms with Gasteiger partial charge in [-0.05, 0) is 0 Å². The molecule has 0 spiro atoms. The van der Waals surface area contributed by atoms with Crippen molar-refractivity contribution in [3.8, 4) is 0 Å². The fraction of sp³-hybridized carbons (Fsp3) is 0.769. The van der Waals surface area contributed by atoms with E-state index in [0.29, 0.717) is 0 Å². The molecule has 138 valence electrons. The predicted octanol–water partition coefficient (Wildman–Crippen LogP) is -3.30. The number of aliphatic carboxylic acids is 1. The highest BCUT2D eigenvalue weighted by Crippen LogP contribution is 2.31. The third-order valence-corrected chi connectivity index (χ3v) is 3.48. The van der Waals surface area contributed by atoms with Crippen molar-refractivity contribution in [3.05, 3.63) is 0 Å². The Morgan fingerprint density at radius 3 is 2.38 bits per heavy atom. The van der Waals surface area contributed by atoms with Crippen molar-refractivity contribution in [2.75, 3.05) is 6.61 Å². The van der Waals surface area contributed by atoms with Gasteiger partial charge in [-0.15, -0.1) is 0 Å². The van der Waals surface area contributed by atoms with Crippen LogP contribution in [0.4, 0.5) is 0 Å². The molecule has 11 heteroatoms. The molecule has 0 saturated carbocycles. The number of carbonyl (C=O) groups is 3. The van der Waals surface area contributed by atoms with Crippen LogP contribution in [-0.2, 0) is 23.9 Å².